The monoisotopic (exact) mass is 290 g/mol. The molecule has 5 heteroatoms. The van der Waals surface area contributed by atoms with Crippen LogP contribution in [0.4, 0.5) is 5.69 Å². The van der Waals surface area contributed by atoms with Gasteiger partial charge in [0.25, 0.3) is 5.91 Å². The molecular formula is C16H26N4O. The van der Waals surface area contributed by atoms with Crippen LogP contribution in [-0.4, -0.2) is 21.9 Å². The Morgan fingerprint density at radius 3 is 2.57 bits per heavy atom. The molecule has 1 aromatic heterocycles. The second-order valence-electron chi connectivity index (χ2n) is 6.35. The normalized spacial score (nSPS) is 17.7. The number of carbonyl (C=O) groups excluding carboxylic acids is 1. The molecule has 0 spiro atoms. The lowest BCUT2D eigenvalue weighted by atomic mass is 9.84. The largest absolute Gasteiger partial charge is 0.396 e. The molecule has 1 saturated carbocycles. The molecule has 5 nitrogen and oxygen atoms in total. The summed E-state index contributed by atoms with van der Waals surface area (Å²) in [7, 11) is 0. The first-order chi connectivity index (χ1) is 9.99. The molecule has 1 amide bonds. The molecule has 1 fully saturated rings. The van der Waals surface area contributed by atoms with E-state index in [0.29, 0.717) is 23.1 Å². The van der Waals surface area contributed by atoms with Crippen molar-refractivity contribution in [3.63, 3.8) is 0 Å². The third-order valence-electron chi connectivity index (χ3n) is 4.28. The van der Waals surface area contributed by atoms with E-state index < -0.39 is 0 Å². The average Bonchev–Trinajstić information content (AvgIpc) is 2.48. The van der Waals surface area contributed by atoms with Crippen molar-refractivity contribution in [3.05, 3.63) is 17.7 Å². The molecule has 1 atom stereocenters. The van der Waals surface area contributed by atoms with Crippen LogP contribution in [0.2, 0.25) is 0 Å². The van der Waals surface area contributed by atoms with Gasteiger partial charge < -0.3 is 11.1 Å². The first-order valence-electron chi connectivity index (χ1n) is 7.92. The lowest BCUT2D eigenvalue weighted by Gasteiger charge is -2.28. The fraction of sp³-hybridized carbons (Fsp3) is 0.688. The summed E-state index contributed by atoms with van der Waals surface area (Å²) < 4.78 is 0. The van der Waals surface area contributed by atoms with Crippen LogP contribution in [0.3, 0.4) is 0 Å². The van der Waals surface area contributed by atoms with E-state index in [1.807, 2.05) is 13.8 Å². The van der Waals surface area contributed by atoms with E-state index in [0.717, 1.165) is 0 Å². The first-order valence-corrected chi connectivity index (χ1v) is 7.92. The Morgan fingerprint density at radius 2 is 1.95 bits per heavy atom. The van der Waals surface area contributed by atoms with E-state index >= 15 is 0 Å². The van der Waals surface area contributed by atoms with Crippen LogP contribution in [0, 0.1) is 5.92 Å². The zero-order valence-electron chi connectivity index (χ0n) is 13.2. The summed E-state index contributed by atoms with van der Waals surface area (Å²) in [6.45, 7) is 6.07. The van der Waals surface area contributed by atoms with Crippen LogP contribution in [0.15, 0.2) is 6.20 Å². The average molecular weight is 290 g/mol. The summed E-state index contributed by atoms with van der Waals surface area (Å²) in [6.07, 6.45) is 7.75. The minimum atomic E-state index is -0.185. The maximum Gasteiger partial charge on any atom is 0.272 e. The predicted molar refractivity (Wildman–Crippen MR) is 84.0 cm³/mol. The SMILES string of the molecule is CC(C)c1ncc(N)c(C(=O)NC(C)C2CCCCC2)n1. The van der Waals surface area contributed by atoms with E-state index in [1.165, 1.54) is 38.3 Å². The highest BCUT2D eigenvalue weighted by Gasteiger charge is 2.23. The highest BCUT2D eigenvalue weighted by molar-refractivity contribution is 5.97. The van der Waals surface area contributed by atoms with Crippen molar-refractivity contribution in [2.45, 2.75) is 64.8 Å². The fourth-order valence-electron chi connectivity index (χ4n) is 2.89. The molecule has 0 saturated heterocycles. The smallest absolute Gasteiger partial charge is 0.272 e. The maximum atomic E-state index is 12.4. The number of nitrogens with zero attached hydrogens (tertiary/aromatic N) is 2. The molecule has 1 aliphatic carbocycles. The van der Waals surface area contributed by atoms with Gasteiger partial charge in [-0.15, -0.1) is 0 Å². The lowest BCUT2D eigenvalue weighted by Crippen LogP contribution is -2.39. The molecule has 1 aliphatic rings. The molecule has 21 heavy (non-hydrogen) atoms. The van der Waals surface area contributed by atoms with Gasteiger partial charge in [-0.25, -0.2) is 9.97 Å². The van der Waals surface area contributed by atoms with Crippen molar-refractivity contribution in [3.8, 4) is 0 Å². The standard InChI is InChI=1S/C16H26N4O/c1-10(2)15-18-9-13(17)14(20-15)16(21)19-11(3)12-7-5-4-6-8-12/h9-12H,4-8,17H2,1-3H3,(H,19,21). The third-order valence-corrected chi connectivity index (χ3v) is 4.28. The topological polar surface area (TPSA) is 80.9 Å². The van der Waals surface area contributed by atoms with Gasteiger partial charge in [0.15, 0.2) is 5.69 Å². The van der Waals surface area contributed by atoms with Crippen LogP contribution < -0.4 is 11.1 Å². The van der Waals surface area contributed by atoms with Crippen LogP contribution in [-0.2, 0) is 0 Å². The van der Waals surface area contributed by atoms with Crippen LogP contribution in [0.5, 0.6) is 0 Å². The van der Waals surface area contributed by atoms with Crippen molar-refractivity contribution in [2.24, 2.45) is 5.92 Å². The summed E-state index contributed by atoms with van der Waals surface area (Å²) in [5, 5.41) is 3.06. The maximum absolute atomic E-state index is 12.4. The molecule has 3 N–H and O–H groups in total. The molecule has 1 aromatic rings. The van der Waals surface area contributed by atoms with E-state index in [-0.39, 0.29) is 17.9 Å². The Bertz CT molecular complexity index is 495. The third kappa shape index (κ3) is 3.93. The van der Waals surface area contributed by atoms with Crippen LogP contribution in [0.25, 0.3) is 0 Å². The quantitative estimate of drug-likeness (QED) is 0.893. The van der Waals surface area contributed by atoms with Crippen molar-refractivity contribution < 1.29 is 4.79 Å². The zero-order chi connectivity index (χ0) is 15.4. The number of nitrogens with one attached hydrogen (secondary N) is 1. The van der Waals surface area contributed by atoms with Crippen molar-refractivity contribution in [1.82, 2.24) is 15.3 Å². The molecule has 2 rings (SSSR count). The number of hydrogen-bond acceptors (Lipinski definition) is 4. The molecule has 1 heterocycles. The van der Waals surface area contributed by atoms with Crippen molar-refractivity contribution in [2.75, 3.05) is 5.73 Å². The fourth-order valence-corrected chi connectivity index (χ4v) is 2.89. The van der Waals surface area contributed by atoms with Crippen molar-refractivity contribution >= 4 is 11.6 Å². The summed E-state index contributed by atoms with van der Waals surface area (Å²) in [6, 6.07) is 0.162. The molecule has 0 radical (unpaired) electrons. The Morgan fingerprint density at radius 1 is 1.29 bits per heavy atom. The first kappa shape index (κ1) is 15.7. The van der Waals surface area contributed by atoms with Gasteiger partial charge in [0.1, 0.15) is 5.82 Å². The second kappa shape index (κ2) is 6.87. The number of amides is 1. The number of nitrogen functional groups attached to an aromatic ring is 1. The van der Waals surface area contributed by atoms with Gasteiger partial charge in [-0.1, -0.05) is 33.1 Å². The minimum Gasteiger partial charge on any atom is -0.396 e. The number of hydrogen-bond donors (Lipinski definition) is 2. The van der Waals surface area contributed by atoms with Crippen molar-refractivity contribution in [1.29, 1.82) is 0 Å². The minimum absolute atomic E-state index is 0.162. The van der Waals surface area contributed by atoms with Gasteiger partial charge in [0.2, 0.25) is 0 Å². The van der Waals surface area contributed by atoms with Gasteiger partial charge in [-0.05, 0) is 25.7 Å². The van der Waals surface area contributed by atoms with Gasteiger partial charge in [0, 0.05) is 12.0 Å². The summed E-state index contributed by atoms with van der Waals surface area (Å²) in [5.74, 6) is 1.21. The van der Waals surface area contributed by atoms with E-state index in [9.17, 15) is 4.79 Å². The van der Waals surface area contributed by atoms with Crippen LogP contribution in [0.1, 0.15) is 75.1 Å². The lowest BCUT2D eigenvalue weighted by molar-refractivity contribution is 0.0914. The Labute approximate surface area is 126 Å². The number of rotatable bonds is 4. The van der Waals surface area contributed by atoms with Gasteiger partial charge in [-0.3, -0.25) is 4.79 Å². The number of aromatic nitrogens is 2. The Hall–Kier alpha value is -1.65. The molecule has 1 unspecified atom stereocenters. The Kier molecular flexibility index (Phi) is 5.15. The molecular weight excluding hydrogens is 264 g/mol. The zero-order valence-corrected chi connectivity index (χ0v) is 13.2. The summed E-state index contributed by atoms with van der Waals surface area (Å²) in [5.41, 5.74) is 6.50. The molecule has 116 valence electrons. The number of nitrogens with two attached hydrogens (primary N) is 1. The van der Waals surface area contributed by atoms with Gasteiger partial charge in [0.05, 0.1) is 11.9 Å². The molecule has 0 aliphatic heterocycles. The van der Waals surface area contributed by atoms with Gasteiger partial charge in [-0.2, -0.15) is 0 Å². The summed E-state index contributed by atoms with van der Waals surface area (Å²) in [4.78, 5) is 20.9. The van der Waals surface area contributed by atoms with E-state index in [2.05, 4.69) is 22.2 Å². The highest BCUT2D eigenvalue weighted by atomic mass is 16.2. The predicted octanol–water partition coefficient (Wildman–Crippen LogP) is 2.88. The second-order valence-corrected chi connectivity index (χ2v) is 6.35. The molecule has 0 bridgehead atoms. The Balaban J connectivity index is 2.07. The number of anilines is 1. The van der Waals surface area contributed by atoms with E-state index in [1.54, 1.807) is 0 Å². The highest BCUT2D eigenvalue weighted by Crippen LogP contribution is 2.26. The summed E-state index contributed by atoms with van der Waals surface area (Å²) >= 11 is 0. The van der Waals surface area contributed by atoms with Crippen LogP contribution >= 0.6 is 0 Å². The molecule has 0 aromatic carbocycles. The van der Waals surface area contributed by atoms with E-state index in [4.69, 9.17) is 5.73 Å². The number of carbonyl (C=O) groups is 1. The van der Waals surface area contributed by atoms with Gasteiger partial charge >= 0.3 is 0 Å².